The van der Waals surface area contributed by atoms with Gasteiger partial charge in [-0.1, -0.05) is 6.07 Å². The van der Waals surface area contributed by atoms with Crippen LogP contribution in [0.15, 0.2) is 30.6 Å². The number of aryl methyl sites for hydroxylation is 1. The zero-order chi connectivity index (χ0) is 19.9. The first-order valence-corrected chi connectivity index (χ1v) is 9.87. The number of hydrogen-bond donors (Lipinski definition) is 1. The van der Waals surface area contributed by atoms with Gasteiger partial charge in [0.05, 0.1) is 26.0 Å². The molecule has 3 rings (SSSR count). The number of para-hydroxylation sites is 1. The number of hydrogen-bond acceptors (Lipinski definition) is 5. The lowest BCUT2D eigenvalue weighted by atomic mass is 9.97. The van der Waals surface area contributed by atoms with Crippen molar-refractivity contribution in [3.05, 3.63) is 41.7 Å². The van der Waals surface area contributed by atoms with Gasteiger partial charge in [0.15, 0.2) is 11.5 Å². The molecule has 0 saturated carbocycles. The second-order valence-corrected chi connectivity index (χ2v) is 7.20. The molecule has 1 fully saturated rings. The molecule has 1 saturated heterocycles. The number of carbonyl (C=O) groups is 1. The van der Waals surface area contributed by atoms with Crippen LogP contribution in [0.4, 0.5) is 0 Å². The minimum absolute atomic E-state index is 0.128. The summed E-state index contributed by atoms with van der Waals surface area (Å²) >= 11 is 0. The van der Waals surface area contributed by atoms with E-state index in [-0.39, 0.29) is 5.91 Å². The molecule has 1 aliphatic rings. The Morgan fingerprint density at radius 3 is 2.89 bits per heavy atom. The first-order chi connectivity index (χ1) is 13.6. The number of carbonyl (C=O) groups excluding carboxylic acids is 1. The third-order valence-corrected chi connectivity index (χ3v) is 5.22. The fraction of sp³-hybridized carbons (Fsp3) is 0.524. The quantitative estimate of drug-likeness (QED) is 0.755. The van der Waals surface area contributed by atoms with Gasteiger partial charge in [0.1, 0.15) is 0 Å². The zero-order valence-electron chi connectivity index (χ0n) is 17.0. The highest BCUT2D eigenvalue weighted by Gasteiger charge is 2.22. The second-order valence-electron chi connectivity index (χ2n) is 7.20. The van der Waals surface area contributed by atoms with Crippen LogP contribution >= 0.6 is 0 Å². The largest absolute Gasteiger partial charge is 0.493 e. The summed E-state index contributed by atoms with van der Waals surface area (Å²) in [5, 5.41) is 7.43. The third-order valence-electron chi connectivity index (χ3n) is 5.22. The van der Waals surface area contributed by atoms with E-state index >= 15 is 0 Å². The molecule has 1 atom stereocenters. The SMILES string of the molecule is CCn1cc(CN2CCCC(CNC(=O)c3cccc(OC)c3OC)C2)cn1. The van der Waals surface area contributed by atoms with Crippen molar-refractivity contribution >= 4 is 5.91 Å². The topological polar surface area (TPSA) is 68.6 Å². The van der Waals surface area contributed by atoms with E-state index in [0.717, 1.165) is 39.0 Å². The molecule has 1 aromatic heterocycles. The van der Waals surface area contributed by atoms with Gasteiger partial charge in [-0.15, -0.1) is 0 Å². The molecule has 7 nitrogen and oxygen atoms in total. The Balaban J connectivity index is 1.55. The molecule has 1 aromatic carbocycles. The van der Waals surface area contributed by atoms with Crippen LogP contribution in [0.25, 0.3) is 0 Å². The first-order valence-electron chi connectivity index (χ1n) is 9.87. The lowest BCUT2D eigenvalue weighted by Crippen LogP contribution is -2.40. The zero-order valence-corrected chi connectivity index (χ0v) is 17.0. The van der Waals surface area contributed by atoms with Gasteiger partial charge < -0.3 is 14.8 Å². The third kappa shape index (κ3) is 4.84. The number of rotatable bonds is 8. The van der Waals surface area contributed by atoms with Crippen LogP contribution in [-0.4, -0.2) is 54.4 Å². The van der Waals surface area contributed by atoms with Gasteiger partial charge in [0.25, 0.3) is 5.91 Å². The van der Waals surface area contributed by atoms with E-state index in [1.807, 2.05) is 10.9 Å². The van der Waals surface area contributed by atoms with Crippen molar-refractivity contribution in [1.29, 1.82) is 0 Å². The fourth-order valence-electron chi connectivity index (χ4n) is 3.78. The summed E-state index contributed by atoms with van der Waals surface area (Å²) in [7, 11) is 3.12. The summed E-state index contributed by atoms with van der Waals surface area (Å²) in [6.07, 6.45) is 6.33. The molecular formula is C21H30N4O3. The minimum atomic E-state index is -0.128. The molecule has 2 heterocycles. The van der Waals surface area contributed by atoms with Crippen LogP contribution < -0.4 is 14.8 Å². The van der Waals surface area contributed by atoms with Crippen LogP contribution in [0.3, 0.4) is 0 Å². The van der Waals surface area contributed by atoms with E-state index in [1.54, 1.807) is 32.4 Å². The Labute approximate surface area is 166 Å². The van der Waals surface area contributed by atoms with Crippen molar-refractivity contribution in [1.82, 2.24) is 20.0 Å². The number of nitrogens with zero attached hydrogens (tertiary/aromatic N) is 3. The Kier molecular flexibility index (Phi) is 6.92. The number of aromatic nitrogens is 2. The molecule has 0 spiro atoms. The Morgan fingerprint density at radius 1 is 1.32 bits per heavy atom. The number of piperidine rings is 1. The van der Waals surface area contributed by atoms with Crippen LogP contribution in [0.2, 0.25) is 0 Å². The molecule has 1 N–H and O–H groups in total. The van der Waals surface area contributed by atoms with Gasteiger partial charge in [-0.2, -0.15) is 5.10 Å². The van der Waals surface area contributed by atoms with E-state index < -0.39 is 0 Å². The number of methoxy groups -OCH3 is 2. The summed E-state index contributed by atoms with van der Waals surface area (Å²) in [5.41, 5.74) is 1.74. The molecule has 28 heavy (non-hydrogen) atoms. The first kappa shape index (κ1) is 20.2. The maximum atomic E-state index is 12.7. The monoisotopic (exact) mass is 386 g/mol. The summed E-state index contributed by atoms with van der Waals surface area (Å²) in [4.78, 5) is 15.1. The molecule has 152 valence electrons. The van der Waals surface area contributed by atoms with E-state index in [2.05, 4.69) is 28.4 Å². The van der Waals surface area contributed by atoms with E-state index in [4.69, 9.17) is 9.47 Å². The van der Waals surface area contributed by atoms with Crippen LogP contribution in [-0.2, 0) is 13.1 Å². The molecule has 0 radical (unpaired) electrons. The van der Waals surface area contributed by atoms with Crippen molar-refractivity contribution in [2.45, 2.75) is 32.9 Å². The van der Waals surface area contributed by atoms with Gasteiger partial charge in [-0.05, 0) is 44.4 Å². The lowest BCUT2D eigenvalue weighted by molar-refractivity contribution is 0.0927. The number of likely N-dealkylation sites (tertiary alicyclic amines) is 1. The van der Waals surface area contributed by atoms with Gasteiger partial charge in [-0.3, -0.25) is 14.4 Å². The predicted octanol–water partition coefficient (Wildman–Crippen LogP) is 2.56. The highest BCUT2D eigenvalue weighted by Crippen LogP contribution is 2.30. The highest BCUT2D eigenvalue weighted by molar-refractivity contribution is 5.97. The Hall–Kier alpha value is -2.54. The smallest absolute Gasteiger partial charge is 0.255 e. The highest BCUT2D eigenvalue weighted by atomic mass is 16.5. The Bertz CT molecular complexity index is 790. The average molecular weight is 386 g/mol. The molecular weight excluding hydrogens is 356 g/mol. The van der Waals surface area contributed by atoms with Crippen LogP contribution in [0.1, 0.15) is 35.7 Å². The summed E-state index contributed by atoms with van der Waals surface area (Å²) in [6, 6.07) is 5.35. The fourth-order valence-corrected chi connectivity index (χ4v) is 3.78. The molecule has 0 aliphatic carbocycles. The van der Waals surface area contributed by atoms with Crippen LogP contribution in [0, 0.1) is 5.92 Å². The van der Waals surface area contributed by atoms with Crippen molar-refractivity contribution in [2.24, 2.45) is 5.92 Å². The molecule has 1 unspecified atom stereocenters. The van der Waals surface area contributed by atoms with Crippen molar-refractivity contribution in [2.75, 3.05) is 33.9 Å². The average Bonchev–Trinajstić information content (AvgIpc) is 3.19. The van der Waals surface area contributed by atoms with E-state index in [1.165, 1.54) is 5.56 Å². The molecule has 2 aromatic rings. The number of ether oxygens (including phenoxy) is 2. The van der Waals surface area contributed by atoms with Gasteiger partial charge in [0.2, 0.25) is 0 Å². The van der Waals surface area contributed by atoms with Gasteiger partial charge in [0, 0.05) is 37.9 Å². The van der Waals surface area contributed by atoms with Gasteiger partial charge in [-0.25, -0.2) is 0 Å². The van der Waals surface area contributed by atoms with Crippen LogP contribution in [0.5, 0.6) is 11.5 Å². The van der Waals surface area contributed by atoms with E-state index in [9.17, 15) is 4.79 Å². The number of amides is 1. The van der Waals surface area contributed by atoms with Gasteiger partial charge >= 0.3 is 0 Å². The summed E-state index contributed by atoms with van der Waals surface area (Å²) < 4.78 is 12.6. The molecule has 1 aliphatic heterocycles. The standard InChI is InChI=1S/C21H30N4O3/c1-4-25-15-17(12-23-25)14-24-10-6-7-16(13-24)11-22-21(26)18-8-5-9-19(27-2)20(18)28-3/h5,8-9,12,15-16H,4,6-7,10-11,13-14H2,1-3H3,(H,22,26). The van der Waals surface area contributed by atoms with Crippen molar-refractivity contribution in [3.8, 4) is 11.5 Å². The lowest BCUT2D eigenvalue weighted by Gasteiger charge is -2.32. The Morgan fingerprint density at radius 2 is 2.18 bits per heavy atom. The molecule has 0 bridgehead atoms. The number of benzene rings is 1. The normalized spacial score (nSPS) is 17.3. The second kappa shape index (κ2) is 9.59. The number of nitrogens with one attached hydrogen (secondary N) is 1. The van der Waals surface area contributed by atoms with Crippen molar-refractivity contribution < 1.29 is 14.3 Å². The summed E-state index contributed by atoms with van der Waals surface area (Å²) in [5.74, 6) is 1.35. The minimum Gasteiger partial charge on any atom is -0.493 e. The van der Waals surface area contributed by atoms with E-state index in [0.29, 0.717) is 29.5 Å². The maximum Gasteiger partial charge on any atom is 0.255 e. The maximum absolute atomic E-state index is 12.7. The van der Waals surface area contributed by atoms with Crippen molar-refractivity contribution in [3.63, 3.8) is 0 Å². The molecule has 7 heteroatoms. The summed E-state index contributed by atoms with van der Waals surface area (Å²) in [6.45, 7) is 6.62. The predicted molar refractivity (Wildman–Crippen MR) is 108 cm³/mol. The molecule has 1 amide bonds.